The van der Waals surface area contributed by atoms with Gasteiger partial charge in [0, 0.05) is 22.8 Å². The number of nitrogens with one attached hydrogen (secondary N) is 1. The highest BCUT2D eigenvalue weighted by Crippen LogP contribution is 2.37. The molecule has 1 aliphatic heterocycles. The molecule has 1 aliphatic rings. The molecule has 0 radical (unpaired) electrons. The third-order valence-corrected chi connectivity index (χ3v) is 6.81. The Labute approximate surface area is 193 Å². The van der Waals surface area contributed by atoms with E-state index in [0.29, 0.717) is 11.4 Å². The van der Waals surface area contributed by atoms with Crippen molar-refractivity contribution < 1.29 is 19.5 Å². The van der Waals surface area contributed by atoms with Crippen molar-refractivity contribution in [3.63, 3.8) is 0 Å². The predicted molar refractivity (Wildman–Crippen MR) is 131 cm³/mol. The molecule has 3 aromatic carbocycles. The molecule has 2 heterocycles. The van der Waals surface area contributed by atoms with Crippen LogP contribution in [0, 0.1) is 13.8 Å². The molecule has 2 N–H and O–H groups in total. The molecule has 33 heavy (non-hydrogen) atoms. The summed E-state index contributed by atoms with van der Waals surface area (Å²) < 4.78 is 2.25. The Hall–Kier alpha value is -3.84. The Morgan fingerprint density at radius 1 is 1.09 bits per heavy atom. The summed E-state index contributed by atoms with van der Waals surface area (Å²) in [4.78, 5) is 35.2. The molecular formula is C26H20N2O4S. The number of fused-ring (bicyclic) bond motifs is 3. The number of carboxylic acids is 1. The van der Waals surface area contributed by atoms with E-state index in [1.807, 2.05) is 44.2 Å². The van der Waals surface area contributed by atoms with Gasteiger partial charge >= 0.3 is 5.97 Å². The number of carbonyl (C=O) groups is 3. The van der Waals surface area contributed by atoms with Crippen molar-refractivity contribution in [3.05, 3.63) is 87.3 Å². The third-order valence-electron chi connectivity index (χ3n) is 5.99. The molecule has 6 nitrogen and oxygen atoms in total. The zero-order chi connectivity index (χ0) is 23.3. The average molecular weight is 457 g/mol. The van der Waals surface area contributed by atoms with Crippen LogP contribution in [0.15, 0.2) is 59.5 Å². The van der Waals surface area contributed by atoms with Crippen LogP contribution in [0.1, 0.15) is 32.6 Å². The molecule has 5 rings (SSSR count). The van der Waals surface area contributed by atoms with Crippen molar-refractivity contribution in [2.45, 2.75) is 20.4 Å². The number of aromatic carboxylic acids is 1. The monoisotopic (exact) mass is 456 g/mol. The summed E-state index contributed by atoms with van der Waals surface area (Å²) in [6.45, 7) is 4.67. The minimum atomic E-state index is -0.942. The maximum absolute atomic E-state index is 12.1. The van der Waals surface area contributed by atoms with Gasteiger partial charge in [0.25, 0.3) is 11.1 Å². The van der Waals surface area contributed by atoms with E-state index in [9.17, 15) is 19.5 Å². The summed E-state index contributed by atoms with van der Waals surface area (Å²) in [6.07, 6.45) is 1.78. The van der Waals surface area contributed by atoms with Crippen molar-refractivity contribution >= 4 is 56.8 Å². The standard InChI is InChI=1S/C26H20N2O4S/c1-14-11-18(12-21-24(29)27-26(32)33-21)15(2)22-19-5-3-4-6-20(19)28(23(14)22)13-16-7-9-17(10-8-16)25(30)31/h3-12H,13H2,1-2H3,(H,30,31)(H,27,29,32)/b21-12-. The molecule has 2 amide bonds. The van der Waals surface area contributed by atoms with Gasteiger partial charge < -0.3 is 9.67 Å². The Morgan fingerprint density at radius 3 is 2.48 bits per heavy atom. The molecule has 0 aliphatic carbocycles. The summed E-state index contributed by atoms with van der Waals surface area (Å²) in [6, 6.07) is 17.2. The van der Waals surface area contributed by atoms with Crippen molar-refractivity contribution in [1.29, 1.82) is 0 Å². The summed E-state index contributed by atoms with van der Waals surface area (Å²) in [7, 11) is 0. The van der Waals surface area contributed by atoms with Gasteiger partial charge in [-0.25, -0.2) is 4.79 Å². The van der Waals surface area contributed by atoms with E-state index in [4.69, 9.17) is 0 Å². The maximum atomic E-state index is 12.1. The number of thioether (sulfide) groups is 1. The first-order chi connectivity index (χ1) is 15.8. The maximum Gasteiger partial charge on any atom is 0.335 e. The summed E-state index contributed by atoms with van der Waals surface area (Å²) in [5.74, 6) is -1.31. The van der Waals surface area contributed by atoms with Crippen LogP contribution in [0.4, 0.5) is 4.79 Å². The lowest BCUT2D eigenvalue weighted by Gasteiger charge is -2.12. The van der Waals surface area contributed by atoms with Crippen molar-refractivity contribution in [2.75, 3.05) is 0 Å². The lowest BCUT2D eigenvalue weighted by molar-refractivity contribution is -0.115. The van der Waals surface area contributed by atoms with Crippen LogP contribution < -0.4 is 5.32 Å². The van der Waals surface area contributed by atoms with Gasteiger partial charge in [-0.2, -0.15) is 0 Å². The second-order valence-corrected chi connectivity index (χ2v) is 9.10. The van der Waals surface area contributed by atoms with E-state index in [-0.39, 0.29) is 16.7 Å². The highest BCUT2D eigenvalue weighted by atomic mass is 32.2. The SMILES string of the molecule is Cc1c(/C=C2\SC(=O)NC2=O)cc(C)c2c1c1ccccc1n2Cc1ccc(C(=O)O)cc1. The van der Waals surface area contributed by atoms with Gasteiger partial charge in [0.2, 0.25) is 0 Å². The molecular weight excluding hydrogens is 436 g/mol. The number of hydrogen-bond donors (Lipinski definition) is 2. The molecule has 4 aromatic rings. The van der Waals surface area contributed by atoms with E-state index in [1.165, 1.54) is 0 Å². The minimum Gasteiger partial charge on any atom is -0.478 e. The smallest absolute Gasteiger partial charge is 0.335 e. The Bertz CT molecular complexity index is 1510. The number of carbonyl (C=O) groups excluding carboxylic acids is 2. The van der Waals surface area contributed by atoms with E-state index in [2.05, 4.69) is 22.0 Å². The van der Waals surface area contributed by atoms with E-state index in [1.54, 1.807) is 18.2 Å². The van der Waals surface area contributed by atoms with Crippen molar-refractivity contribution in [1.82, 2.24) is 9.88 Å². The van der Waals surface area contributed by atoms with Gasteiger partial charge in [-0.1, -0.05) is 30.3 Å². The van der Waals surface area contributed by atoms with E-state index >= 15 is 0 Å². The van der Waals surface area contributed by atoms with Crippen LogP contribution in [-0.4, -0.2) is 26.8 Å². The van der Waals surface area contributed by atoms with Gasteiger partial charge in [0.05, 0.1) is 16.0 Å². The second kappa shape index (κ2) is 7.94. The summed E-state index contributed by atoms with van der Waals surface area (Å²) >= 11 is 0.917. The molecule has 0 unspecified atom stereocenters. The Kier molecular flexibility index (Phi) is 5.06. The van der Waals surface area contributed by atoms with Gasteiger partial charge in [-0.3, -0.25) is 14.9 Å². The minimum absolute atomic E-state index is 0.262. The zero-order valence-corrected chi connectivity index (χ0v) is 18.8. The zero-order valence-electron chi connectivity index (χ0n) is 18.0. The highest BCUT2D eigenvalue weighted by molar-refractivity contribution is 8.18. The van der Waals surface area contributed by atoms with E-state index < -0.39 is 5.97 Å². The number of imide groups is 1. The number of nitrogens with zero attached hydrogens (tertiary/aromatic N) is 1. The van der Waals surface area contributed by atoms with Gasteiger partial charge in [0.15, 0.2) is 0 Å². The van der Waals surface area contributed by atoms with Gasteiger partial charge in [-0.15, -0.1) is 0 Å². The first-order valence-electron chi connectivity index (χ1n) is 10.4. The van der Waals surface area contributed by atoms with Crippen molar-refractivity contribution in [2.24, 2.45) is 0 Å². The molecule has 0 saturated carbocycles. The molecule has 0 spiro atoms. The van der Waals surface area contributed by atoms with E-state index in [0.717, 1.165) is 55.8 Å². The third kappa shape index (κ3) is 3.60. The number of aromatic nitrogens is 1. The molecule has 164 valence electrons. The molecule has 0 atom stereocenters. The topological polar surface area (TPSA) is 88.4 Å². The van der Waals surface area contributed by atoms with Crippen LogP contribution >= 0.6 is 11.8 Å². The van der Waals surface area contributed by atoms with Gasteiger partial charge in [0.1, 0.15) is 0 Å². The second-order valence-electron chi connectivity index (χ2n) is 8.09. The lowest BCUT2D eigenvalue weighted by atomic mass is 9.98. The average Bonchev–Trinajstić information content (AvgIpc) is 3.29. The quantitative estimate of drug-likeness (QED) is 0.397. The first-order valence-corrected chi connectivity index (χ1v) is 11.2. The summed E-state index contributed by atoms with van der Waals surface area (Å²) in [5, 5.41) is 13.4. The number of para-hydroxylation sites is 1. The molecule has 7 heteroatoms. The summed E-state index contributed by atoms with van der Waals surface area (Å²) in [5.41, 5.74) is 6.43. The number of amides is 2. The fourth-order valence-electron chi connectivity index (χ4n) is 4.46. The molecule has 0 bridgehead atoms. The van der Waals surface area contributed by atoms with Crippen LogP contribution in [0.25, 0.3) is 27.9 Å². The number of aryl methyl sites for hydroxylation is 2. The predicted octanol–water partition coefficient (Wildman–Crippen LogP) is 5.48. The van der Waals surface area contributed by atoms with Crippen molar-refractivity contribution in [3.8, 4) is 0 Å². The molecule has 1 fully saturated rings. The number of hydrogen-bond acceptors (Lipinski definition) is 4. The van der Waals surface area contributed by atoms with Crippen LogP contribution in [0.5, 0.6) is 0 Å². The Morgan fingerprint density at radius 2 is 1.82 bits per heavy atom. The first kappa shape index (κ1) is 21.0. The lowest BCUT2D eigenvalue weighted by Crippen LogP contribution is -2.17. The fraction of sp³-hybridized carbons (Fsp3) is 0.115. The van der Waals surface area contributed by atoms with Crippen LogP contribution in [0.3, 0.4) is 0 Å². The number of rotatable bonds is 4. The largest absolute Gasteiger partial charge is 0.478 e. The van der Waals surface area contributed by atoms with Crippen LogP contribution in [0.2, 0.25) is 0 Å². The van der Waals surface area contributed by atoms with Gasteiger partial charge in [-0.05, 0) is 78.2 Å². The Balaban J connectivity index is 1.70. The molecule has 1 aromatic heterocycles. The van der Waals surface area contributed by atoms with Crippen LogP contribution in [-0.2, 0) is 11.3 Å². The number of benzene rings is 3. The number of carboxylic acid groups (broad SMARTS) is 1. The highest BCUT2D eigenvalue weighted by Gasteiger charge is 2.26. The molecule has 1 saturated heterocycles. The fourth-order valence-corrected chi connectivity index (χ4v) is 5.13. The normalized spacial score (nSPS) is 15.0.